The number of para-hydroxylation sites is 1. The minimum absolute atomic E-state index is 0.243. The third-order valence-corrected chi connectivity index (χ3v) is 5.32. The average molecular weight is 429 g/mol. The summed E-state index contributed by atoms with van der Waals surface area (Å²) in [5.74, 6) is 1.89. The molecule has 2 N–H and O–H groups in total. The number of carbonyl (C=O) groups excluding carboxylic acids is 1. The smallest absolute Gasteiger partial charge is 0.232 e. The number of likely N-dealkylation sites (tertiary alicyclic amines) is 1. The van der Waals surface area contributed by atoms with E-state index in [4.69, 9.17) is 4.98 Å². The highest BCUT2D eigenvalue weighted by atomic mass is 16.2. The Morgan fingerprint density at radius 1 is 1.06 bits per heavy atom. The summed E-state index contributed by atoms with van der Waals surface area (Å²) < 4.78 is 1.93. The van der Waals surface area contributed by atoms with Crippen molar-refractivity contribution < 1.29 is 4.79 Å². The van der Waals surface area contributed by atoms with Gasteiger partial charge in [-0.2, -0.15) is 9.97 Å². The Labute approximate surface area is 184 Å². The lowest BCUT2D eigenvalue weighted by molar-refractivity contribution is -0.127. The monoisotopic (exact) mass is 429 g/mol. The Morgan fingerprint density at radius 2 is 1.97 bits per heavy atom. The van der Waals surface area contributed by atoms with Crippen LogP contribution in [0, 0.1) is 0 Å². The summed E-state index contributed by atoms with van der Waals surface area (Å²) in [5.41, 5.74) is 2.32. The molecule has 1 saturated heterocycles. The summed E-state index contributed by atoms with van der Waals surface area (Å²) in [4.78, 5) is 35.8. The van der Waals surface area contributed by atoms with Crippen LogP contribution in [0.2, 0.25) is 0 Å². The van der Waals surface area contributed by atoms with Crippen LogP contribution in [0.1, 0.15) is 19.3 Å². The number of hydrogen-bond acceptors (Lipinski definition) is 8. The SMILES string of the molecule is O=C1CCCN1CCCNc1nc(Nc2ccncn2)nc2c1ncn2-c1ccccc1. The topological polar surface area (TPSA) is 114 Å². The lowest BCUT2D eigenvalue weighted by atomic mass is 10.3. The van der Waals surface area contributed by atoms with Gasteiger partial charge in [0.25, 0.3) is 0 Å². The van der Waals surface area contributed by atoms with E-state index < -0.39 is 0 Å². The minimum atomic E-state index is 0.243. The van der Waals surface area contributed by atoms with E-state index in [1.165, 1.54) is 6.33 Å². The zero-order valence-corrected chi connectivity index (χ0v) is 17.5. The van der Waals surface area contributed by atoms with E-state index >= 15 is 0 Å². The van der Waals surface area contributed by atoms with Crippen LogP contribution in [-0.2, 0) is 4.79 Å². The molecule has 4 heterocycles. The van der Waals surface area contributed by atoms with Crippen molar-refractivity contribution in [1.29, 1.82) is 0 Å². The molecule has 5 rings (SSSR count). The molecule has 0 saturated carbocycles. The summed E-state index contributed by atoms with van der Waals surface area (Å²) in [6.07, 6.45) is 7.31. The zero-order chi connectivity index (χ0) is 21.8. The van der Waals surface area contributed by atoms with Gasteiger partial charge in [0.05, 0.1) is 0 Å². The fourth-order valence-electron chi connectivity index (χ4n) is 3.75. The predicted molar refractivity (Wildman–Crippen MR) is 121 cm³/mol. The van der Waals surface area contributed by atoms with E-state index in [2.05, 4.69) is 30.6 Å². The molecule has 1 amide bonds. The number of amides is 1. The first-order valence-corrected chi connectivity index (χ1v) is 10.6. The normalized spacial score (nSPS) is 13.6. The molecule has 10 heteroatoms. The maximum atomic E-state index is 11.8. The molecule has 0 radical (unpaired) electrons. The van der Waals surface area contributed by atoms with Crippen molar-refractivity contribution in [1.82, 2.24) is 34.4 Å². The van der Waals surface area contributed by atoms with E-state index in [9.17, 15) is 4.79 Å². The number of benzene rings is 1. The van der Waals surface area contributed by atoms with Crippen molar-refractivity contribution in [3.8, 4) is 5.69 Å². The Morgan fingerprint density at radius 3 is 2.75 bits per heavy atom. The van der Waals surface area contributed by atoms with Crippen LogP contribution in [-0.4, -0.2) is 59.9 Å². The summed E-state index contributed by atoms with van der Waals surface area (Å²) in [6, 6.07) is 11.7. The van der Waals surface area contributed by atoms with Crippen molar-refractivity contribution in [2.75, 3.05) is 30.3 Å². The molecule has 32 heavy (non-hydrogen) atoms. The number of hydrogen-bond donors (Lipinski definition) is 2. The molecule has 0 bridgehead atoms. The summed E-state index contributed by atoms with van der Waals surface area (Å²) in [5, 5.41) is 6.52. The van der Waals surface area contributed by atoms with E-state index in [0.29, 0.717) is 41.7 Å². The number of rotatable bonds is 8. The van der Waals surface area contributed by atoms with Gasteiger partial charge in [-0.15, -0.1) is 0 Å². The molecular formula is C22H23N9O. The molecule has 0 unspecified atom stereocenters. The van der Waals surface area contributed by atoms with Crippen molar-refractivity contribution in [2.24, 2.45) is 0 Å². The molecule has 1 fully saturated rings. The number of carbonyl (C=O) groups is 1. The molecule has 0 aliphatic carbocycles. The molecule has 10 nitrogen and oxygen atoms in total. The standard InChI is InChI=1S/C22H23N9O/c32-18-8-4-12-30(18)13-5-10-24-20-19-21(31(15-26-19)16-6-2-1-3-7-16)29-22(28-20)27-17-9-11-23-14-25-17/h1-3,6-7,9,11,14-15H,4-5,8,10,12-13H2,(H2,23,24,25,27,28,29). The van der Waals surface area contributed by atoms with Gasteiger partial charge in [-0.3, -0.25) is 9.36 Å². The fourth-order valence-corrected chi connectivity index (χ4v) is 3.75. The highest BCUT2D eigenvalue weighted by Gasteiger charge is 2.19. The maximum Gasteiger partial charge on any atom is 0.232 e. The number of aromatic nitrogens is 6. The number of nitrogens with one attached hydrogen (secondary N) is 2. The Kier molecular flexibility index (Phi) is 5.56. The summed E-state index contributed by atoms with van der Waals surface area (Å²) in [6.45, 7) is 2.26. The molecule has 162 valence electrons. The van der Waals surface area contributed by atoms with Crippen LogP contribution in [0.25, 0.3) is 16.9 Å². The molecule has 1 aromatic carbocycles. The minimum Gasteiger partial charge on any atom is -0.368 e. The van der Waals surface area contributed by atoms with Gasteiger partial charge in [0.2, 0.25) is 11.9 Å². The first-order valence-electron chi connectivity index (χ1n) is 10.6. The molecule has 4 aromatic rings. The second kappa shape index (κ2) is 8.96. The number of nitrogens with zero attached hydrogens (tertiary/aromatic N) is 7. The van der Waals surface area contributed by atoms with Gasteiger partial charge in [0.1, 0.15) is 18.5 Å². The van der Waals surface area contributed by atoms with Crippen LogP contribution >= 0.6 is 0 Å². The number of imidazole rings is 1. The van der Waals surface area contributed by atoms with Gasteiger partial charge in [0, 0.05) is 37.9 Å². The van der Waals surface area contributed by atoms with E-state index in [-0.39, 0.29) is 5.91 Å². The maximum absolute atomic E-state index is 11.8. The van der Waals surface area contributed by atoms with Crippen LogP contribution < -0.4 is 10.6 Å². The van der Waals surface area contributed by atoms with Crippen LogP contribution in [0.5, 0.6) is 0 Å². The Balaban J connectivity index is 1.42. The van der Waals surface area contributed by atoms with E-state index in [1.807, 2.05) is 39.8 Å². The summed E-state index contributed by atoms with van der Waals surface area (Å²) in [7, 11) is 0. The molecule has 0 atom stereocenters. The quantitative estimate of drug-likeness (QED) is 0.411. The van der Waals surface area contributed by atoms with Crippen LogP contribution in [0.15, 0.2) is 55.2 Å². The largest absolute Gasteiger partial charge is 0.368 e. The lowest BCUT2D eigenvalue weighted by Crippen LogP contribution is -2.27. The van der Waals surface area contributed by atoms with Gasteiger partial charge in [-0.25, -0.2) is 15.0 Å². The molecule has 3 aromatic heterocycles. The van der Waals surface area contributed by atoms with Crippen molar-refractivity contribution >= 4 is 34.7 Å². The molecule has 0 spiro atoms. The van der Waals surface area contributed by atoms with E-state index in [1.54, 1.807) is 18.6 Å². The van der Waals surface area contributed by atoms with Gasteiger partial charge in [-0.1, -0.05) is 18.2 Å². The molecule has 1 aliphatic rings. The van der Waals surface area contributed by atoms with Crippen LogP contribution in [0.3, 0.4) is 0 Å². The van der Waals surface area contributed by atoms with Gasteiger partial charge < -0.3 is 15.5 Å². The third kappa shape index (κ3) is 4.20. The molecular weight excluding hydrogens is 406 g/mol. The average Bonchev–Trinajstić information content (AvgIpc) is 3.44. The van der Waals surface area contributed by atoms with Crippen LogP contribution in [0.4, 0.5) is 17.6 Å². The van der Waals surface area contributed by atoms with Crippen molar-refractivity contribution in [2.45, 2.75) is 19.3 Å². The fraction of sp³-hybridized carbons (Fsp3) is 0.273. The number of fused-ring (bicyclic) bond motifs is 1. The van der Waals surface area contributed by atoms with Gasteiger partial charge >= 0.3 is 0 Å². The second-order valence-electron chi connectivity index (χ2n) is 7.50. The van der Waals surface area contributed by atoms with Crippen molar-refractivity contribution in [3.63, 3.8) is 0 Å². The van der Waals surface area contributed by atoms with Gasteiger partial charge in [-0.05, 0) is 31.0 Å². The Bertz CT molecular complexity index is 1210. The highest BCUT2D eigenvalue weighted by Crippen LogP contribution is 2.24. The molecule has 1 aliphatic heterocycles. The number of anilines is 3. The highest BCUT2D eigenvalue weighted by molar-refractivity contribution is 5.85. The zero-order valence-electron chi connectivity index (χ0n) is 17.5. The van der Waals surface area contributed by atoms with Gasteiger partial charge in [0.15, 0.2) is 17.0 Å². The predicted octanol–water partition coefficient (Wildman–Crippen LogP) is 2.77. The second-order valence-corrected chi connectivity index (χ2v) is 7.50. The first-order chi connectivity index (χ1) is 15.8. The first kappa shape index (κ1) is 19.9. The Hall–Kier alpha value is -4.08. The third-order valence-electron chi connectivity index (χ3n) is 5.32. The lowest BCUT2D eigenvalue weighted by Gasteiger charge is -2.15. The van der Waals surface area contributed by atoms with Crippen molar-refractivity contribution in [3.05, 3.63) is 55.2 Å². The summed E-state index contributed by atoms with van der Waals surface area (Å²) >= 11 is 0. The van der Waals surface area contributed by atoms with E-state index in [0.717, 1.165) is 31.6 Å².